The van der Waals surface area contributed by atoms with Gasteiger partial charge in [-0.05, 0) is 27.7 Å². The molecule has 0 saturated heterocycles. The van der Waals surface area contributed by atoms with E-state index in [2.05, 4.69) is 0 Å². The summed E-state index contributed by atoms with van der Waals surface area (Å²) >= 11 is 0. The average Bonchev–Trinajstić information content (AvgIpc) is 2.85. The number of hydrogen-bond donors (Lipinski definition) is 2. The maximum absolute atomic E-state index is 13.6. The van der Waals surface area contributed by atoms with Crippen molar-refractivity contribution in [1.29, 1.82) is 0 Å². The van der Waals surface area contributed by atoms with Crippen LogP contribution >= 0.6 is 0 Å². The Morgan fingerprint density at radius 3 is 1.34 bits per heavy atom. The summed E-state index contributed by atoms with van der Waals surface area (Å²) in [5.74, 6) is 0.558. The molecular formula is C30H22O8. The maximum atomic E-state index is 13.6. The van der Waals surface area contributed by atoms with Gasteiger partial charge in [0.25, 0.3) is 0 Å². The van der Waals surface area contributed by atoms with E-state index in [0.717, 1.165) is 21.9 Å². The predicted molar refractivity (Wildman–Crippen MR) is 139 cm³/mol. The Hall–Kier alpha value is -3.88. The molecule has 8 heteroatoms. The Bertz CT molecular complexity index is 1930. The highest BCUT2D eigenvalue weighted by atomic mass is 16.6. The molecule has 0 aromatic heterocycles. The average molecular weight is 510 g/mol. The first-order valence-corrected chi connectivity index (χ1v) is 13.0. The molecule has 0 saturated carbocycles. The molecule has 6 atom stereocenters. The summed E-state index contributed by atoms with van der Waals surface area (Å²) in [6.07, 6.45) is -2.86. The van der Waals surface area contributed by atoms with E-state index in [4.69, 9.17) is 18.9 Å². The zero-order valence-corrected chi connectivity index (χ0v) is 21.0. The lowest BCUT2D eigenvalue weighted by Crippen LogP contribution is -2.35. The van der Waals surface area contributed by atoms with Crippen LogP contribution in [0.5, 0.6) is 23.0 Å². The molecule has 9 rings (SSSR count). The summed E-state index contributed by atoms with van der Waals surface area (Å²) in [6.45, 7) is 7.49. The van der Waals surface area contributed by atoms with Crippen molar-refractivity contribution in [3.63, 3.8) is 0 Å². The van der Waals surface area contributed by atoms with Crippen LogP contribution in [-0.4, -0.2) is 22.4 Å². The second-order valence-corrected chi connectivity index (χ2v) is 11.1. The second kappa shape index (κ2) is 6.22. The van der Waals surface area contributed by atoms with Crippen LogP contribution in [0.15, 0.2) is 21.7 Å². The number of aromatic hydroxyl groups is 2. The van der Waals surface area contributed by atoms with Crippen LogP contribution in [0.25, 0.3) is 43.1 Å². The van der Waals surface area contributed by atoms with E-state index >= 15 is 0 Å². The molecule has 5 aromatic carbocycles. The molecule has 0 radical (unpaired) electrons. The molecule has 38 heavy (non-hydrogen) atoms. The molecule has 0 aliphatic carbocycles. The van der Waals surface area contributed by atoms with E-state index in [1.165, 1.54) is 12.1 Å². The van der Waals surface area contributed by atoms with Gasteiger partial charge in [-0.1, -0.05) is 0 Å². The molecule has 6 unspecified atom stereocenters. The monoisotopic (exact) mass is 510 g/mol. The largest absolute Gasteiger partial charge is 0.507 e. The van der Waals surface area contributed by atoms with Gasteiger partial charge >= 0.3 is 0 Å². The Morgan fingerprint density at radius 1 is 0.553 bits per heavy atom. The van der Waals surface area contributed by atoms with Gasteiger partial charge < -0.3 is 29.2 Å². The van der Waals surface area contributed by atoms with Crippen LogP contribution in [0.1, 0.15) is 74.4 Å². The number of hydrogen-bond acceptors (Lipinski definition) is 8. The third-order valence-corrected chi connectivity index (χ3v) is 9.19. The number of ether oxygens (including phenoxy) is 4. The van der Waals surface area contributed by atoms with Crippen molar-refractivity contribution in [3.8, 4) is 23.0 Å². The van der Waals surface area contributed by atoms with Gasteiger partial charge in [0.2, 0.25) is 0 Å². The molecule has 4 heterocycles. The Morgan fingerprint density at radius 2 is 0.947 bits per heavy atom. The molecule has 8 nitrogen and oxygen atoms in total. The van der Waals surface area contributed by atoms with E-state index < -0.39 is 24.4 Å². The van der Waals surface area contributed by atoms with E-state index in [1.807, 2.05) is 27.7 Å². The minimum absolute atomic E-state index is 0.108. The van der Waals surface area contributed by atoms with Crippen LogP contribution in [0, 0.1) is 0 Å². The van der Waals surface area contributed by atoms with Gasteiger partial charge in [-0.15, -0.1) is 0 Å². The highest BCUT2D eigenvalue weighted by molar-refractivity contribution is 6.38. The van der Waals surface area contributed by atoms with Crippen LogP contribution < -0.4 is 20.3 Å². The first-order chi connectivity index (χ1) is 18.2. The number of benzene rings is 5. The van der Waals surface area contributed by atoms with Gasteiger partial charge in [-0.2, -0.15) is 0 Å². The molecule has 0 amide bonds. The fraction of sp³-hybridized carbons (Fsp3) is 0.333. The van der Waals surface area contributed by atoms with E-state index in [0.29, 0.717) is 44.2 Å². The van der Waals surface area contributed by atoms with Crippen LogP contribution in [0.3, 0.4) is 0 Å². The SMILES string of the molecule is CC1OC(C)C2Oc3cc(=O)c4c(O)c5c6c7c8c(cc(=O)c9c(O)c1c2c(c3c47)c98)OC6C(C)OC5C. The quantitative estimate of drug-likeness (QED) is 0.218. The van der Waals surface area contributed by atoms with Crippen molar-refractivity contribution >= 4 is 43.1 Å². The van der Waals surface area contributed by atoms with Crippen molar-refractivity contribution in [2.24, 2.45) is 0 Å². The molecule has 0 spiro atoms. The topological polar surface area (TPSA) is 112 Å². The van der Waals surface area contributed by atoms with Gasteiger partial charge in [0.15, 0.2) is 23.1 Å². The molecular weight excluding hydrogens is 488 g/mol. The van der Waals surface area contributed by atoms with Gasteiger partial charge in [-0.3, -0.25) is 9.59 Å². The minimum atomic E-state index is -0.583. The minimum Gasteiger partial charge on any atom is -0.507 e. The van der Waals surface area contributed by atoms with E-state index in [-0.39, 0.29) is 45.3 Å². The summed E-state index contributed by atoms with van der Waals surface area (Å²) in [5, 5.41) is 27.7. The first-order valence-electron chi connectivity index (χ1n) is 13.0. The number of phenols is 2. The predicted octanol–water partition coefficient (Wildman–Crippen LogP) is 5.13. The molecule has 4 aliphatic heterocycles. The van der Waals surface area contributed by atoms with Crippen molar-refractivity contribution in [1.82, 2.24) is 0 Å². The smallest absolute Gasteiger partial charge is 0.193 e. The molecule has 2 N–H and O–H groups in total. The van der Waals surface area contributed by atoms with Crippen LogP contribution in [0.4, 0.5) is 0 Å². The molecule has 0 bridgehead atoms. The number of rotatable bonds is 0. The van der Waals surface area contributed by atoms with Gasteiger partial charge in [0.05, 0.1) is 35.2 Å². The third-order valence-electron chi connectivity index (χ3n) is 9.19. The summed E-state index contributed by atoms with van der Waals surface area (Å²) in [4.78, 5) is 27.3. The lowest BCUT2D eigenvalue weighted by molar-refractivity contribution is -0.0721. The Balaban J connectivity index is 1.71. The molecule has 0 fully saturated rings. The summed E-state index contributed by atoms with van der Waals surface area (Å²) in [5.41, 5.74) is 1.85. The summed E-state index contributed by atoms with van der Waals surface area (Å²) in [6, 6.07) is 2.84. The standard InChI is InChI=1S/C30H22O8/c1-7-15-25-23-19-13(37-29(25)9(3)35-7)6-12(32)18-22(19)24-20-14(5-11(31)17(21(20)23)27(15)33)38-30-10(4)36-8(2)16(26(24)30)28(18)34/h5-10,29-30,33-34H,1-4H3. The van der Waals surface area contributed by atoms with Gasteiger partial charge in [0.1, 0.15) is 23.0 Å². The first kappa shape index (κ1) is 21.1. The van der Waals surface area contributed by atoms with E-state index in [9.17, 15) is 19.8 Å². The fourth-order valence-corrected chi connectivity index (χ4v) is 7.89. The Labute approximate surface area is 214 Å². The molecule has 190 valence electrons. The lowest BCUT2D eigenvalue weighted by atomic mass is 9.75. The maximum Gasteiger partial charge on any atom is 0.193 e. The third kappa shape index (κ3) is 2.02. The Kier molecular flexibility index (Phi) is 3.45. The number of phenolic OH excluding ortho intramolecular Hbond substituents is 2. The molecule has 5 aromatic rings. The van der Waals surface area contributed by atoms with Crippen LogP contribution in [-0.2, 0) is 9.47 Å². The van der Waals surface area contributed by atoms with Crippen LogP contribution in [0.2, 0.25) is 0 Å². The highest BCUT2D eigenvalue weighted by Gasteiger charge is 2.46. The second-order valence-electron chi connectivity index (χ2n) is 11.1. The summed E-state index contributed by atoms with van der Waals surface area (Å²) in [7, 11) is 0. The van der Waals surface area contributed by atoms with Crippen molar-refractivity contribution in [2.45, 2.75) is 64.3 Å². The van der Waals surface area contributed by atoms with Crippen molar-refractivity contribution in [2.75, 3.05) is 0 Å². The zero-order chi connectivity index (χ0) is 26.1. The molecule has 4 aliphatic rings. The highest BCUT2D eigenvalue weighted by Crippen LogP contribution is 2.61. The van der Waals surface area contributed by atoms with E-state index in [1.54, 1.807) is 0 Å². The fourth-order valence-electron chi connectivity index (χ4n) is 7.89. The summed E-state index contributed by atoms with van der Waals surface area (Å²) < 4.78 is 25.2. The normalized spacial score (nSPS) is 28.6. The van der Waals surface area contributed by atoms with Gasteiger partial charge in [-0.25, -0.2) is 0 Å². The van der Waals surface area contributed by atoms with Gasteiger partial charge in [0, 0.05) is 66.7 Å². The zero-order valence-electron chi connectivity index (χ0n) is 21.0. The van der Waals surface area contributed by atoms with Crippen molar-refractivity contribution in [3.05, 3.63) is 54.8 Å². The lowest BCUT2D eigenvalue weighted by Gasteiger charge is -2.42. The van der Waals surface area contributed by atoms with Crippen molar-refractivity contribution < 1.29 is 29.2 Å².